The highest BCUT2D eigenvalue weighted by atomic mass is 32.2. The molecule has 2 aromatic rings. The molecule has 0 atom stereocenters. The Morgan fingerprint density at radius 2 is 2.13 bits per heavy atom. The smallest absolute Gasteiger partial charge is 0.340 e. The zero-order chi connectivity index (χ0) is 21.7. The van der Waals surface area contributed by atoms with Crippen molar-refractivity contribution in [2.24, 2.45) is 0 Å². The lowest BCUT2D eigenvalue weighted by atomic mass is 10.1. The molecule has 0 spiro atoms. The monoisotopic (exact) mass is 443 g/mol. The fourth-order valence-electron chi connectivity index (χ4n) is 2.85. The van der Waals surface area contributed by atoms with Crippen molar-refractivity contribution in [1.29, 1.82) is 5.26 Å². The third kappa shape index (κ3) is 5.46. The summed E-state index contributed by atoms with van der Waals surface area (Å²) in [6.45, 7) is 1.55. The van der Waals surface area contributed by atoms with E-state index in [4.69, 9.17) is 4.74 Å². The quantitative estimate of drug-likeness (QED) is 0.360. The first-order valence-corrected chi connectivity index (χ1v) is 11.5. The van der Waals surface area contributed by atoms with Crippen molar-refractivity contribution in [2.45, 2.75) is 37.1 Å². The molecule has 0 saturated heterocycles. The number of ketones is 1. The molecule has 0 aromatic carbocycles. The topological polar surface area (TPSA) is 109 Å². The van der Waals surface area contributed by atoms with E-state index in [2.05, 4.69) is 10.3 Å². The van der Waals surface area contributed by atoms with Gasteiger partial charge in [-0.25, -0.2) is 9.78 Å². The molecule has 7 nitrogen and oxygen atoms in total. The Labute approximate surface area is 182 Å². The van der Waals surface area contributed by atoms with E-state index in [-0.39, 0.29) is 22.8 Å². The van der Waals surface area contributed by atoms with E-state index in [0.29, 0.717) is 28.8 Å². The van der Waals surface area contributed by atoms with Crippen molar-refractivity contribution in [2.75, 3.05) is 19.4 Å². The van der Waals surface area contributed by atoms with Crippen molar-refractivity contribution >= 4 is 40.8 Å². The van der Waals surface area contributed by atoms with Crippen molar-refractivity contribution in [3.8, 4) is 6.07 Å². The van der Waals surface area contributed by atoms with Gasteiger partial charge in [-0.3, -0.25) is 9.59 Å². The number of esters is 1. The Bertz CT molecular complexity index is 1020. The second kappa shape index (κ2) is 9.87. The first-order chi connectivity index (χ1) is 14.4. The number of thiophene rings is 1. The fourth-order valence-corrected chi connectivity index (χ4v) is 4.34. The van der Waals surface area contributed by atoms with Gasteiger partial charge in [0.1, 0.15) is 11.1 Å². The number of thioether (sulfide) groups is 1. The lowest BCUT2D eigenvalue weighted by molar-refractivity contribution is -0.118. The van der Waals surface area contributed by atoms with Gasteiger partial charge in [0, 0.05) is 30.0 Å². The van der Waals surface area contributed by atoms with Crippen LogP contribution in [0.4, 0.5) is 0 Å². The standard InChI is InChI=1S/C21H21N3O4S2/c1-12(25)23-8-7-14-5-6-19(30-14)18(26)11-28-21(27)15-9-17(13-3-4-13)24-20(29-2)16(15)10-22/h5-6,9,13H,3-4,7-8,11H2,1-2H3,(H,23,25). The third-order valence-corrected chi connectivity index (χ3v) is 6.41. The van der Waals surface area contributed by atoms with Crippen LogP contribution >= 0.6 is 23.1 Å². The normalized spacial score (nSPS) is 12.8. The average Bonchev–Trinajstić information content (AvgIpc) is 3.48. The van der Waals surface area contributed by atoms with Crippen LogP contribution < -0.4 is 5.32 Å². The lowest BCUT2D eigenvalue weighted by Crippen LogP contribution is -2.22. The van der Waals surface area contributed by atoms with E-state index in [1.807, 2.05) is 12.1 Å². The van der Waals surface area contributed by atoms with Crippen LogP contribution in [0.5, 0.6) is 0 Å². The first kappa shape index (κ1) is 22.0. The molecule has 156 valence electrons. The molecule has 2 aromatic heterocycles. The van der Waals surface area contributed by atoms with Gasteiger partial charge in [0.25, 0.3) is 0 Å². The van der Waals surface area contributed by atoms with Crippen LogP contribution in [0.15, 0.2) is 23.2 Å². The molecular formula is C21H21N3O4S2. The molecular weight excluding hydrogens is 422 g/mol. The molecule has 1 amide bonds. The van der Waals surface area contributed by atoms with E-state index < -0.39 is 12.6 Å². The Morgan fingerprint density at radius 1 is 1.37 bits per heavy atom. The van der Waals surface area contributed by atoms with Crippen LogP contribution in [0.1, 0.15) is 61.8 Å². The van der Waals surface area contributed by atoms with Gasteiger partial charge in [-0.1, -0.05) is 0 Å². The highest BCUT2D eigenvalue weighted by molar-refractivity contribution is 7.98. The summed E-state index contributed by atoms with van der Waals surface area (Å²) in [5, 5.41) is 12.7. The van der Waals surface area contributed by atoms with Gasteiger partial charge in [0.15, 0.2) is 6.61 Å². The maximum atomic E-state index is 12.6. The van der Waals surface area contributed by atoms with Crippen LogP contribution in [0, 0.1) is 11.3 Å². The van der Waals surface area contributed by atoms with Crippen molar-refractivity contribution < 1.29 is 19.1 Å². The molecule has 0 aliphatic heterocycles. The molecule has 0 unspecified atom stereocenters. The summed E-state index contributed by atoms with van der Waals surface area (Å²) in [5.74, 6) is -0.780. The molecule has 1 saturated carbocycles. The van der Waals surface area contributed by atoms with Gasteiger partial charge in [-0.05, 0) is 43.7 Å². The number of carbonyl (C=O) groups excluding carboxylic acids is 3. The average molecular weight is 444 g/mol. The minimum Gasteiger partial charge on any atom is -0.454 e. The van der Waals surface area contributed by atoms with E-state index >= 15 is 0 Å². The maximum Gasteiger partial charge on any atom is 0.340 e. The molecule has 2 heterocycles. The summed E-state index contributed by atoms with van der Waals surface area (Å²) in [5.41, 5.74) is 1.13. The van der Waals surface area contributed by atoms with Crippen LogP contribution in [0.25, 0.3) is 0 Å². The zero-order valence-corrected chi connectivity index (χ0v) is 18.3. The minimum absolute atomic E-state index is 0.0999. The van der Waals surface area contributed by atoms with E-state index in [1.54, 1.807) is 18.4 Å². The molecule has 1 N–H and O–H groups in total. The SMILES string of the molecule is CSc1nc(C2CC2)cc(C(=O)OCC(=O)c2ccc(CCNC(C)=O)s2)c1C#N. The molecule has 1 fully saturated rings. The number of ether oxygens (including phenoxy) is 1. The number of carbonyl (C=O) groups is 3. The van der Waals surface area contributed by atoms with Gasteiger partial charge in [-0.15, -0.1) is 23.1 Å². The Kier molecular flexibility index (Phi) is 7.24. The molecule has 30 heavy (non-hydrogen) atoms. The van der Waals surface area contributed by atoms with Crippen LogP contribution in [0.3, 0.4) is 0 Å². The van der Waals surface area contributed by atoms with E-state index in [1.165, 1.54) is 30.0 Å². The molecule has 9 heteroatoms. The van der Waals surface area contributed by atoms with Gasteiger partial charge < -0.3 is 10.1 Å². The Morgan fingerprint density at radius 3 is 2.77 bits per heavy atom. The van der Waals surface area contributed by atoms with Crippen LogP contribution in [-0.4, -0.2) is 42.1 Å². The maximum absolute atomic E-state index is 12.6. The Hall–Kier alpha value is -2.70. The molecule has 0 radical (unpaired) electrons. The summed E-state index contributed by atoms with van der Waals surface area (Å²) in [7, 11) is 0. The molecule has 0 bridgehead atoms. The van der Waals surface area contributed by atoms with E-state index in [0.717, 1.165) is 23.4 Å². The second-order valence-electron chi connectivity index (χ2n) is 6.86. The summed E-state index contributed by atoms with van der Waals surface area (Å²) >= 11 is 2.62. The number of aromatic nitrogens is 1. The van der Waals surface area contributed by atoms with Gasteiger partial charge in [-0.2, -0.15) is 5.26 Å². The van der Waals surface area contributed by atoms with Crippen molar-refractivity contribution in [3.63, 3.8) is 0 Å². The van der Waals surface area contributed by atoms with Crippen molar-refractivity contribution in [1.82, 2.24) is 10.3 Å². The number of nitrogens with zero attached hydrogens (tertiary/aromatic N) is 2. The first-order valence-electron chi connectivity index (χ1n) is 9.45. The van der Waals surface area contributed by atoms with Crippen LogP contribution in [0.2, 0.25) is 0 Å². The molecule has 1 aliphatic carbocycles. The second-order valence-corrected chi connectivity index (χ2v) is 8.83. The Balaban J connectivity index is 1.65. The summed E-state index contributed by atoms with van der Waals surface area (Å²) < 4.78 is 5.24. The number of hydrogen-bond donors (Lipinski definition) is 1. The fraction of sp³-hybridized carbons (Fsp3) is 0.381. The summed E-state index contributed by atoms with van der Waals surface area (Å²) in [6, 6.07) is 7.17. The lowest BCUT2D eigenvalue weighted by Gasteiger charge is -2.10. The number of amides is 1. The van der Waals surface area contributed by atoms with Crippen molar-refractivity contribution in [3.05, 3.63) is 44.8 Å². The third-order valence-electron chi connectivity index (χ3n) is 4.54. The highest BCUT2D eigenvalue weighted by Crippen LogP contribution is 2.40. The number of pyridine rings is 1. The predicted molar refractivity (Wildman–Crippen MR) is 114 cm³/mol. The largest absolute Gasteiger partial charge is 0.454 e. The van der Waals surface area contributed by atoms with Gasteiger partial charge in [0.05, 0.1) is 16.0 Å². The number of hydrogen-bond acceptors (Lipinski definition) is 8. The molecule has 3 rings (SSSR count). The summed E-state index contributed by atoms with van der Waals surface area (Å²) in [6.07, 6.45) is 4.46. The molecule has 1 aliphatic rings. The predicted octanol–water partition coefficient (Wildman–Crippen LogP) is 3.33. The zero-order valence-electron chi connectivity index (χ0n) is 16.7. The number of nitriles is 1. The number of rotatable bonds is 9. The van der Waals surface area contributed by atoms with E-state index in [9.17, 15) is 19.6 Å². The van der Waals surface area contributed by atoms with Gasteiger partial charge >= 0.3 is 5.97 Å². The van der Waals surface area contributed by atoms with Crippen LogP contribution in [-0.2, 0) is 16.0 Å². The summed E-state index contributed by atoms with van der Waals surface area (Å²) in [4.78, 5) is 41.9. The number of nitrogens with one attached hydrogen (secondary N) is 1. The minimum atomic E-state index is -0.693. The number of Topliss-reactive ketones (excluding diaryl/α,β-unsaturated/α-hetero) is 1. The van der Waals surface area contributed by atoms with Gasteiger partial charge in [0.2, 0.25) is 11.7 Å². The highest BCUT2D eigenvalue weighted by Gasteiger charge is 2.29.